The van der Waals surface area contributed by atoms with Crippen LogP contribution >= 0.6 is 0 Å². The molecule has 2 N–H and O–H groups in total. The van der Waals surface area contributed by atoms with Crippen LogP contribution in [0.5, 0.6) is 0 Å². The Kier molecular flexibility index (Phi) is 4.40. The number of nitrogens with one attached hydrogen (secondary N) is 1. The summed E-state index contributed by atoms with van der Waals surface area (Å²) < 4.78 is 0. The summed E-state index contributed by atoms with van der Waals surface area (Å²) in [4.78, 5) is 13.9. The standard InChI is InChI=1S/C13H24N2O2/c1-10-4-2-3-5-12(10)14-13(17)8-15-6-11(7-15)9-16/h10-12,16H,2-9H2,1H3,(H,14,17). The first kappa shape index (κ1) is 12.8. The molecular formula is C13H24N2O2. The quantitative estimate of drug-likeness (QED) is 0.757. The van der Waals surface area contributed by atoms with Crippen molar-refractivity contribution in [2.75, 3.05) is 26.2 Å². The van der Waals surface area contributed by atoms with Crippen molar-refractivity contribution >= 4 is 5.91 Å². The summed E-state index contributed by atoms with van der Waals surface area (Å²) >= 11 is 0. The van der Waals surface area contributed by atoms with E-state index in [0.717, 1.165) is 19.5 Å². The Morgan fingerprint density at radius 3 is 2.71 bits per heavy atom. The van der Waals surface area contributed by atoms with Crippen molar-refractivity contribution in [3.8, 4) is 0 Å². The van der Waals surface area contributed by atoms with Crippen molar-refractivity contribution in [1.82, 2.24) is 10.2 Å². The fourth-order valence-corrected chi connectivity index (χ4v) is 2.91. The third-order valence-corrected chi connectivity index (χ3v) is 4.12. The van der Waals surface area contributed by atoms with E-state index in [1.807, 2.05) is 0 Å². The van der Waals surface area contributed by atoms with Crippen molar-refractivity contribution in [1.29, 1.82) is 0 Å². The topological polar surface area (TPSA) is 52.6 Å². The maximum atomic E-state index is 11.8. The van der Waals surface area contributed by atoms with E-state index in [0.29, 0.717) is 24.4 Å². The number of amides is 1. The zero-order valence-corrected chi connectivity index (χ0v) is 10.7. The summed E-state index contributed by atoms with van der Waals surface area (Å²) in [6.45, 7) is 4.71. The molecule has 4 heteroatoms. The first-order valence-corrected chi connectivity index (χ1v) is 6.81. The maximum absolute atomic E-state index is 11.8. The van der Waals surface area contributed by atoms with Crippen molar-refractivity contribution < 1.29 is 9.90 Å². The van der Waals surface area contributed by atoms with E-state index < -0.39 is 0 Å². The van der Waals surface area contributed by atoms with Crippen LogP contribution < -0.4 is 5.32 Å². The average Bonchev–Trinajstić information content (AvgIpc) is 2.26. The van der Waals surface area contributed by atoms with Gasteiger partial charge in [-0.3, -0.25) is 9.69 Å². The average molecular weight is 240 g/mol. The molecule has 0 aromatic heterocycles. The van der Waals surface area contributed by atoms with Gasteiger partial charge in [-0.15, -0.1) is 0 Å². The molecule has 17 heavy (non-hydrogen) atoms. The van der Waals surface area contributed by atoms with Crippen LogP contribution in [-0.2, 0) is 4.79 Å². The second kappa shape index (κ2) is 5.83. The molecule has 0 radical (unpaired) electrons. The van der Waals surface area contributed by atoms with Gasteiger partial charge >= 0.3 is 0 Å². The number of hydrogen-bond acceptors (Lipinski definition) is 3. The molecule has 4 nitrogen and oxygen atoms in total. The highest BCUT2D eigenvalue weighted by Gasteiger charge is 2.29. The molecule has 1 heterocycles. The minimum Gasteiger partial charge on any atom is -0.396 e. The zero-order valence-electron chi connectivity index (χ0n) is 10.7. The Morgan fingerprint density at radius 1 is 1.35 bits per heavy atom. The first-order chi connectivity index (χ1) is 8.19. The molecule has 2 aliphatic rings. The van der Waals surface area contributed by atoms with Gasteiger partial charge in [0, 0.05) is 31.7 Å². The molecule has 1 aliphatic heterocycles. The Morgan fingerprint density at radius 2 is 2.06 bits per heavy atom. The largest absolute Gasteiger partial charge is 0.396 e. The fourth-order valence-electron chi connectivity index (χ4n) is 2.91. The van der Waals surface area contributed by atoms with E-state index in [-0.39, 0.29) is 12.5 Å². The highest BCUT2D eigenvalue weighted by Crippen LogP contribution is 2.23. The third-order valence-electron chi connectivity index (χ3n) is 4.12. The molecule has 1 saturated heterocycles. The number of carbonyl (C=O) groups excluding carboxylic acids is 1. The molecule has 1 aliphatic carbocycles. The van der Waals surface area contributed by atoms with Crippen LogP contribution in [0.25, 0.3) is 0 Å². The number of rotatable bonds is 4. The van der Waals surface area contributed by atoms with Crippen LogP contribution in [0.2, 0.25) is 0 Å². The normalized spacial score (nSPS) is 30.9. The number of likely N-dealkylation sites (tertiary alicyclic amines) is 1. The van der Waals surface area contributed by atoms with E-state index in [1.165, 1.54) is 19.3 Å². The van der Waals surface area contributed by atoms with Crippen molar-refractivity contribution in [3.05, 3.63) is 0 Å². The third kappa shape index (κ3) is 3.42. The second-order valence-corrected chi connectivity index (χ2v) is 5.68. The molecule has 2 unspecified atom stereocenters. The van der Waals surface area contributed by atoms with E-state index in [9.17, 15) is 4.79 Å². The Hall–Kier alpha value is -0.610. The molecule has 0 spiro atoms. The summed E-state index contributed by atoms with van der Waals surface area (Å²) in [6, 6.07) is 0.381. The molecule has 0 bridgehead atoms. The van der Waals surface area contributed by atoms with Gasteiger partial charge in [0.25, 0.3) is 0 Å². The molecule has 0 aromatic rings. The van der Waals surface area contributed by atoms with Gasteiger partial charge in [0.05, 0.1) is 6.54 Å². The van der Waals surface area contributed by atoms with E-state index in [4.69, 9.17) is 5.11 Å². The highest BCUT2D eigenvalue weighted by molar-refractivity contribution is 5.78. The molecule has 0 aromatic carbocycles. The molecule has 2 fully saturated rings. The summed E-state index contributed by atoms with van der Waals surface area (Å²) in [5.74, 6) is 1.16. The lowest BCUT2D eigenvalue weighted by molar-refractivity contribution is -0.125. The van der Waals surface area contributed by atoms with Gasteiger partial charge < -0.3 is 10.4 Å². The number of aliphatic hydroxyl groups excluding tert-OH is 1. The van der Waals surface area contributed by atoms with Crippen LogP contribution in [0.1, 0.15) is 32.6 Å². The first-order valence-electron chi connectivity index (χ1n) is 6.81. The molecule has 2 rings (SSSR count). The summed E-state index contributed by atoms with van der Waals surface area (Å²) in [6.07, 6.45) is 4.91. The van der Waals surface area contributed by atoms with Gasteiger partial charge in [-0.1, -0.05) is 19.8 Å². The monoisotopic (exact) mass is 240 g/mol. The van der Waals surface area contributed by atoms with E-state index >= 15 is 0 Å². The molecular weight excluding hydrogens is 216 g/mol. The van der Waals surface area contributed by atoms with Crippen LogP contribution in [0.4, 0.5) is 0 Å². The number of hydrogen-bond donors (Lipinski definition) is 2. The van der Waals surface area contributed by atoms with Gasteiger partial charge in [-0.2, -0.15) is 0 Å². The maximum Gasteiger partial charge on any atom is 0.234 e. The second-order valence-electron chi connectivity index (χ2n) is 5.68. The van der Waals surface area contributed by atoms with Gasteiger partial charge in [0.1, 0.15) is 0 Å². The van der Waals surface area contributed by atoms with Crippen molar-refractivity contribution in [2.45, 2.75) is 38.6 Å². The van der Waals surface area contributed by atoms with Gasteiger partial charge in [0.15, 0.2) is 0 Å². The lowest BCUT2D eigenvalue weighted by Crippen LogP contribution is -2.53. The van der Waals surface area contributed by atoms with Crippen LogP contribution in [0.3, 0.4) is 0 Å². The van der Waals surface area contributed by atoms with Crippen molar-refractivity contribution in [3.63, 3.8) is 0 Å². The summed E-state index contributed by atoms with van der Waals surface area (Å²) in [5, 5.41) is 12.1. The lowest BCUT2D eigenvalue weighted by atomic mass is 9.86. The molecule has 98 valence electrons. The Labute approximate surface area is 103 Å². The SMILES string of the molecule is CC1CCCCC1NC(=O)CN1CC(CO)C1. The molecule has 1 saturated carbocycles. The minimum absolute atomic E-state index is 0.153. The van der Waals surface area contributed by atoms with Crippen molar-refractivity contribution in [2.24, 2.45) is 11.8 Å². The Bertz CT molecular complexity index is 264. The minimum atomic E-state index is 0.153. The number of nitrogens with zero attached hydrogens (tertiary/aromatic N) is 1. The number of carbonyl (C=O) groups is 1. The van der Waals surface area contributed by atoms with E-state index in [1.54, 1.807) is 0 Å². The summed E-state index contributed by atoms with van der Waals surface area (Å²) in [5.41, 5.74) is 0. The van der Waals surface area contributed by atoms with Gasteiger partial charge in [-0.05, 0) is 18.8 Å². The predicted octanol–water partition coefficient (Wildman–Crippen LogP) is 0.605. The zero-order chi connectivity index (χ0) is 12.3. The number of aliphatic hydroxyl groups is 1. The van der Waals surface area contributed by atoms with Crippen LogP contribution in [-0.4, -0.2) is 48.2 Å². The molecule has 2 atom stereocenters. The fraction of sp³-hybridized carbons (Fsp3) is 0.923. The lowest BCUT2D eigenvalue weighted by Gasteiger charge is -2.38. The van der Waals surface area contributed by atoms with Crippen LogP contribution in [0, 0.1) is 11.8 Å². The van der Waals surface area contributed by atoms with Crippen LogP contribution in [0.15, 0.2) is 0 Å². The highest BCUT2D eigenvalue weighted by atomic mass is 16.3. The Balaban J connectivity index is 1.67. The molecule has 1 amide bonds. The van der Waals surface area contributed by atoms with Gasteiger partial charge in [-0.25, -0.2) is 0 Å². The predicted molar refractivity (Wildman–Crippen MR) is 66.6 cm³/mol. The van der Waals surface area contributed by atoms with Gasteiger partial charge in [0.2, 0.25) is 5.91 Å². The smallest absolute Gasteiger partial charge is 0.234 e. The summed E-state index contributed by atoms with van der Waals surface area (Å²) in [7, 11) is 0. The van der Waals surface area contributed by atoms with E-state index in [2.05, 4.69) is 17.1 Å².